The number of pyridine rings is 1. The summed E-state index contributed by atoms with van der Waals surface area (Å²) in [7, 11) is 0. The molecule has 0 aliphatic heterocycles. The van der Waals surface area contributed by atoms with Crippen LogP contribution in [0.1, 0.15) is 12.0 Å². The molecule has 122 valence electrons. The number of benzene rings is 1. The number of hydrogen-bond donors (Lipinski definition) is 2. The second-order valence-electron chi connectivity index (χ2n) is 5.09. The van der Waals surface area contributed by atoms with Gasteiger partial charge in [0, 0.05) is 37.5 Å². The van der Waals surface area contributed by atoms with E-state index < -0.39 is 0 Å². The summed E-state index contributed by atoms with van der Waals surface area (Å²) < 4.78 is 5.49. The maximum atomic E-state index is 11.8. The Hall–Kier alpha value is -3.22. The summed E-state index contributed by atoms with van der Waals surface area (Å²) in [5.41, 5.74) is 1.86. The number of aromatic nitrogens is 3. The fraction of sp³-hybridized carbons (Fsp3) is 0.176. The van der Waals surface area contributed by atoms with Gasteiger partial charge in [-0.1, -0.05) is 35.4 Å². The largest absolute Gasteiger partial charge is 0.403 e. The molecule has 2 N–H and O–H groups in total. The number of rotatable bonds is 7. The number of nitrogens with one attached hydrogen (secondary N) is 2. The van der Waals surface area contributed by atoms with Crippen molar-refractivity contribution in [3.05, 3.63) is 60.4 Å². The first-order chi connectivity index (χ1) is 11.8. The van der Waals surface area contributed by atoms with Crippen LogP contribution in [0.4, 0.5) is 6.01 Å². The average Bonchev–Trinajstić information content (AvgIpc) is 3.11. The van der Waals surface area contributed by atoms with E-state index in [1.54, 1.807) is 24.5 Å². The summed E-state index contributed by atoms with van der Waals surface area (Å²) in [5.74, 6) is 0.369. The van der Waals surface area contributed by atoms with E-state index >= 15 is 0 Å². The zero-order valence-electron chi connectivity index (χ0n) is 13.0. The second-order valence-corrected chi connectivity index (χ2v) is 5.09. The van der Waals surface area contributed by atoms with Crippen LogP contribution in [0.25, 0.3) is 11.5 Å². The molecule has 0 spiro atoms. The molecule has 3 rings (SSSR count). The number of hydrogen-bond acceptors (Lipinski definition) is 6. The van der Waals surface area contributed by atoms with Crippen molar-refractivity contribution < 1.29 is 9.21 Å². The van der Waals surface area contributed by atoms with Gasteiger partial charge in [0.05, 0.1) is 0 Å². The lowest BCUT2D eigenvalue weighted by molar-refractivity contribution is -0.121. The zero-order chi connectivity index (χ0) is 16.6. The smallest absolute Gasteiger partial charge is 0.315 e. The number of amides is 1. The van der Waals surface area contributed by atoms with E-state index in [1.165, 1.54) is 0 Å². The molecule has 1 aromatic carbocycles. The van der Waals surface area contributed by atoms with Crippen molar-refractivity contribution in [2.75, 3.05) is 11.9 Å². The summed E-state index contributed by atoms with van der Waals surface area (Å²) in [5, 5.41) is 13.7. The highest BCUT2D eigenvalue weighted by atomic mass is 16.4. The van der Waals surface area contributed by atoms with Gasteiger partial charge in [0.2, 0.25) is 11.8 Å². The number of anilines is 1. The minimum absolute atomic E-state index is 0.0415. The third-order valence-electron chi connectivity index (χ3n) is 3.31. The molecular weight excluding hydrogens is 306 g/mol. The van der Waals surface area contributed by atoms with Crippen molar-refractivity contribution in [1.29, 1.82) is 0 Å². The van der Waals surface area contributed by atoms with Crippen molar-refractivity contribution in [3.63, 3.8) is 0 Å². The third-order valence-corrected chi connectivity index (χ3v) is 3.31. The normalized spacial score (nSPS) is 10.3. The third kappa shape index (κ3) is 4.39. The van der Waals surface area contributed by atoms with Crippen molar-refractivity contribution in [2.45, 2.75) is 13.0 Å². The van der Waals surface area contributed by atoms with Crippen molar-refractivity contribution >= 4 is 11.9 Å². The fourth-order valence-corrected chi connectivity index (χ4v) is 2.07. The maximum absolute atomic E-state index is 11.8. The van der Waals surface area contributed by atoms with Crippen molar-refractivity contribution in [1.82, 2.24) is 20.5 Å². The van der Waals surface area contributed by atoms with Gasteiger partial charge in [-0.15, -0.1) is 5.10 Å². The molecule has 0 radical (unpaired) electrons. The first-order valence-corrected chi connectivity index (χ1v) is 7.59. The lowest BCUT2D eigenvalue weighted by Gasteiger charge is -2.05. The monoisotopic (exact) mass is 323 g/mol. The van der Waals surface area contributed by atoms with Gasteiger partial charge in [-0.2, -0.15) is 0 Å². The van der Waals surface area contributed by atoms with Crippen LogP contribution in [0.2, 0.25) is 0 Å². The average molecular weight is 323 g/mol. The Morgan fingerprint density at radius 2 is 1.83 bits per heavy atom. The second kappa shape index (κ2) is 7.87. The summed E-state index contributed by atoms with van der Waals surface area (Å²) in [6.07, 6.45) is 3.63. The molecular formula is C17H17N5O2. The Bertz CT molecular complexity index is 774. The predicted molar refractivity (Wildman–Crippen MR) is 88.9 cm³/mol. The summed E-state index contributed by atoms with van der Waals surface area (Å²) in [6.45, 7) is 0.936. The topological polar surface area (TPSA) is 92.9 Å². The van der Waals surface area contributed by atoms with E-state index in [4.69, 9.17) is 4.42 Å². The van der Waals surface area contributed by atoms with Gasteiger partial charge in [-0.25, -0.2) is 0 Å². The van der Waals surface area contributed by atoms with Crippen LogP contribution in [0.3, 0.4) is 0 Å². The Kier molecular flexibility index (Phi) is 5.14. The number of carbonyl (C=O) groups is 1. The molecule has 0 atom stereocenters. The minimum Gasteiger partial charge on any atom is -0.403 e. The summed E-state index contributed by atoms with van der Waals surface area (Å²) in [4.78, 5) is 15.7. The number of carbonyl (C=O) groups excluding carboxylic acids is 1. The minimum atomic E-state index is -0.0415. The first-order valence-electron chi connectivity index (χ1n) is 7.59. The van der Waals surface area contributed by atoms with Crippen LogP contribution in [0.15, 0.2) is 59.3 Å². The molecule has 2 heterocycles. The molecule has 0 bridgehead atoms. The molecule has 0 aliphatic rings. The van der Waals surface area contributed by atoms with E-state index in [9.17, 15) is 4.79 Å². The van der Waals surface area contributed by atoms with Crippen molar-refractivity contribution in [3.8, 4) is 11.5 Å². The van der Waals surface area contributed by atoms with Crippen molar-refractivity contribution in [2.24, 2.45) is 0 Å². The lowest BCUT2D eigenvalue weighted by Crippen LogP contribution is -2.24. The molecule has 3 aromatic rings. The fourth-order valence-electron chi connectivity index (χ4n) is 2.07. The van der Waals surface area contributed by atoms with Crippen LogP contribution < -0.4 is 10.6 Å². The SMILES string of the molecule is O=C(CCNc1nnc(-c2ccncc2)o1)NCc1ccccc1. The van der Waals surface area contributed by atoms with Gasteiger partial charge < -0.3 is 15.1 Å². The van der Waals surface area contributed by atoms with E-state index in [0.29, 0.717) is 25.4 Å². The molecule has 0 fully saturated rings. The van der Waals surface area contributed by atoms with Gasteiger partial charge >= 0.3 is 6.01 Å². The standard InChI is InChI=1S/C17H17N5O2/c23-15(20-12-13-4-2-1-3-5-13)8-11-19-17-22-21-16(24-17)14-6-9-18-10-7-14/h1-7,9-10H,8,11-12H2,(H,19,22)(H,20,23). The molecule has 2 aromatic heterocycles. The first kappa shape index (κ1) is 15.7. The van der Waals surface area contributed by atoms with Crippen LogP contribution in [-0.4, -0.2) is 27.6 Å². The highest BCUT2D eigenvalue weighted by Crippen LogP contribution is 2.18. The highest BCUT2D eigenvalue weighted by molar-refractivity contribution is 5.76. The van der Waals surface area contributed by atoms with Gasteiger partial charge in [0.15, 0.2) is 0 Å². The highest BCUT2D eigenvalue weighted by Gasteiger charge is 2.08. The van der Waals surface area contributed by atoms with Crippen LogP contribution >= 0.6 is 0 Å². The van der Waals surface area contributed by atoms with Crippen LogP contribution in [0, 0.1) is 0 Å². The van der Waals surface area contributed by atoms with Gasteiger partial charge in [0.1, 0.15) is 0 Å². The molecule has 24 heavy (non-hydrogen) atoms. The molecule has 7 nitrogen and oxygen atoms in total. The summed E-state index contributed by atoms with van der Waals surface area (Å²) in [6, 6.07) is 13.6. The molecule has 0 saturated heterocycles. The van der Waals surface area contributed by atoms with E-state index in [1.807, 2.05) is 30.3 Å². The molecule has 0 aliphatic carbocycles. The van der Waals surface area contributed by atoms with E-state index in [2.05, 4.69) is 25.8 Å². The Morgan fingerprint density at radius 3 is 2.62 bits per heavy atom. The number of nitrogens with zero attached hydrogens (tertiary/aromatic N) is 3. The Labute approximate surface area is 139 Å². The Morgan fingerprint density at radius 1 is 1.04 bits per heavy atom. The van der Waals surface area contributed by atoms with Crippen LogP contribution in [0.5, 0.6) is 0 Å². The molecule has 0 unspecified atom stereocenters. The zero-order valence-corrected chi connectivity index (χ0v) is 13.0. The van der Waals surface area contributed by atoms with Crippen LogP contribution in [-0.2, 0) is 11.3 Å². The molecule has 1 amide bonds. The Balaban J connectivity index is 1.42. The quantitative estimate of drug-likeness (QED) is 0.693. The predicted octanol–water partition coefficient (Wildman–Crippen LogP) is 2.25. The van der Waals surface area contributed by atoms with Gasteiger partial charge in [-0.05, 0) is 17.7 Å². The van der Waals surface area contributed by atoms with Gasteiger partial charge in [-0.3, -0.25) is 9.78 Å². The van der Waals surface area contributed by atoms with Gasteiger partial charge in [0.25, 0.3) is 0 Å². The summed E-state index contributed by atoms with van der Waals surface area (Å²) >= 11 is 0. The van der Waals surface area contributed by atoms with E-state index in [0.717, 1.165) is 11.1 Å². The lowest BCUT2D eigenvalue weighted by atomic mass is 10.2. The molecule has 0 saturated carbocycles. The van der Waals surface area contributed by atoms with E-state index in [-0.39, 0.29) is 11.9 Å². The maximum Gasteiger partial charge on any atom is 0.315 e. The molecule has 7 heteroatoms.